The Morgan fingerprint density at radius 2 is 0.764 bits per heavy atom. The van der Waals surface area contributed by atoms with E-state index in [0.29, 0.717) is 0 Å². The molecule has 2 amide bonds. The second-order valence-corrected chi connectivity index (χ2v) is 13.5. The first-order chi connectivity index (χ1) is 25.1. The molecule has 3 aromatic carbocycles. The van der Waals surface area contributed by atoms with Crippen LogP contribution in [0.2, 0.25) is 0 Å². The van der Waals surface area contributed by atoms with Gasteiger partial charge in [-0.2, -0.15) is 74.6 Å². The summed E-state index contributed by atoms with van der Waals surface area (Å²) in [7, 11) is 0. The zero-order chi connectivity index (χ0) is 41.1. The second-order valence-electron chi connectivity index (χ2n) is 13.5. The van der Waals surface area contributed by atoms with E-state index in [1.54, 1.807) is 24.3 Å². The van der Waals surface area contributed by atoms with E-state index in [9.17, 15) is 84.2 Å². The highest BCUT2D eigenvalue weighted by Crippen LogP contribution is 2.65. The van der Waals surface area contributed by atoms with Crippen molar-refractivity contribution in [2.24, 2.45) is 11.8 Å². The lowest BCUT2D eigenvalue weighted by atomic mass is 9.55. The van der Waals surface area contributed by atoms with Gasteiger partial charge < -0.3 is 0 Å². The van der Waals surface area contributed by atoms with Crippen LogP contribution < -0.4 is 0 Å². The van der Waals surface area contributed by atoms with Crippen molar-refractivity contribution in [1.82, 2.24) is 4.90 Å². The fourth-order valence-electron chi connectivity index (χ4n) is 7.54. The van der Waals surface area contributed by atoms with Gasteiger partial charge in [0.05, 0.1) is 18.4 Å². The number of carbonyl (C=O) groups excluding carboxylic acids is 2. The fourth-order valence-corrected chi connectivity index (χ4v) is 7.54. The molecule has 0 radical (unpaired) electrons. The molecule has 1 saturated heterocycles. The molecule has 1 aliphatic heterocycles. The largest absolute Gasteiger partial charge is 0.460 e. The number of halogens is 17. The maximum Gasteiger partial charge on any atom is 0.460 e. The molecule has 298 valence electrons. The van der Waals surface area contributed by atoms with Crippen LogP contribution >= 0.6 is 0 Å². The monoisotopic (exact) mass is 811 g/mol. The highest BCUT2D eigenvalue weighted by atomic mass is 19.4. The van der Waals surface area contributed by atoms with Crippen molar-refractivity contribution in [2.75, 3.05) is 0 Å². The molecule has 55 heavy (non-hydrogen) atoms. The predicted octanol–water partition coefficient (Wildman–Crippen LogP) is 10.0. The molecule has 2 atom stereocenters. The Morgan fingerprint density at radius 1 is 0.436 bits per heavy atom. The van der Waals surface area contributed by atoms with E-state index < -0.39 is 102 Å². The van der Waals surface area contributed by atoms with E-state index in [0.717, 1.165) is 51.4 Å². The Hall–Kier alpha value is -4.39. The van der Waals surface area contributed by atoms with Gasteiger partial charge in [0.25, 0.3) is 0 Å². The summed E-state index contributed by atoms with van der Waals surface area (Å²) in [5, 5.41) is 0. The van der Waals surface area contributed by atoms with Crippen molar-refractivity contribution in [1.29, 1.82) is 0 Å². The molecule has 7 rings (SSSR count). The molecule has 0 spiro atoms. The molecule has 2 bridgehead atoms. The average Bonchev–Trinajstić information content (AvgIpc) is 3.35. The summed E-state index contributed by atoms with van der Waals surface area (Å²) in [4.78, 5) is 28.5. The maximum absolute atomic E-state index is 14.5. The molecule has 1 fully saturated rings. The van der Waals surface area contributed by atoms with Gasteiger partial charge in [-0.25, -0.2) is 0 Å². The molecule has 3 nitrogen and oxygen atoms in total. The van der Waals surface area contributed by atoms with Crippen molar-refractivity contribution in [2.45, 2.75) is 78.9 Å². The quantitative estimate of drug-likeness (QED) is 0.143. The Balaban J connectivity index is 1.17. The van der Waals surface area contributed by atoms with Crippen molar-refractivity contribution in [3.63, 3.8) is 0 Å². The van der Waals surface area contributed by atoms with Crippen molar-refractivity contribution in [3.8, 4) is 0 Å². The number of amides is 2. The molecule has 1 heterocycles. The fraction of sp³-hybridized carbons (Fsp3) is 0.429. The topological polar surface area (TPSA) is 37.4 Å². The van der Waals surface area contributed by atoms with Crippen molar-refractivity contribution >= 4 is 11.8 Å². The smallest absolute Gasteiger partial charge is 0.278 e. The summed E-state index contributed by atoms with van der Waals surface area (Å²) >= 11 is 0. The first kappa shape index (κ1) is 40.3. The van der Waals surface area contributed by atoms with Gasteiger partial charge in [-0.1, -0.05) is 72.8 Å². The van der Waals surface area contributed by atoms with E-state index >= 15 is 0 Å². The number of aryl methyl sites for hydroxylation is 1. The molecule has 0 saturated carbocycles. The predicted molar refractivity (Wildman–Crippen MR) is 155 cm³/mol. The van der Waals surface area contributed by atoms with Crippen molar-refractivity contribution < 1.29 is 84.2 Å². The lowest BCUT2D eigenvalue weighted by Crippen LogP contribution is -2.74. The Labute approximate surface area is 298 Å². The summed E-state index contributed by atoms with van der Waals surface area (Å²) < 4.78 is 231. The SMILES string of the molecule is O=C1[C@@H]2C3c4ccccc4C(c4ccccc43)[C@@H]2C(=O)N1Cc1ccc(CCC(F)(F)C(F)(F)C(F)(F)C(F)(F)C(F)(F)C(F)(F)C(F)(F)C(F)(F)F)cc1. The molecular formula is C35H22F17NO2. The molecule has 0 unspecified atom stereocenters. The van der Waals surface area contributed by atoms with E-state index in [1.807, 2.05) is 24.3 Å². The number of rotatable bonds is 11. The Kier molecular flexibility index (Phi) is 9.01. The minimum absolute atomic E-state index is 0.161. The van der Waals surface area contributed by atoms with Crippen LogP contribution in [0.1, 0.15) is 51.6 Å². The van der Waals surface area contributed by atoms with Crippen LogP contribution in [0.3, 0.4) is 0 Å². The van der Waals surface area contributed by atoms with Crippen LogP contribution in [0.15, 0.2) is 72.8 Å². The van der Waals surface area contributed by atoms with Gasteiger partial charge in [-0.05, 0) is 39.8 Å². The third-order valence-electron chi connectivity index (χ3n) is 10.4. The number of carbonyl (C=O) groups is 2. The first-order valence-corrected chi connectivity index (χ1v) is 15.9. The summed E-state index contributed by atoms with van der Waals surface area (Å²) in [5.74, 6) is -60.2. The zero-order valence-electron chi connectivity index (χ0n) is 27.0. The number of nitrogens with zero attached hydrogens (tertiary/aromatic N) is 1. The summed E-state index contributed by atoms with van der Waals surface area (Å²) in [6, 6.07) is 18.6. The van der Waals surface area contributed by atoms with Crippen LogP contribution in [-0.4, -0.2) is 64.3 Å². The van der Waals surface area contributed by atoms with E-state index in [4.69, 9.17) is 0 Å². The molecule has 4 aliphatic rings. The highest BCUT2D eigenvalue weighted by molar-refractivity contribution is 6.07. The van der Waals surface area contributed by atoms with Gasteiger partial charge in [0.1, 0.15) is 0 Å². The number of alkyl halides is 17. The zero-order valence-corrected chi connectivity index (χ0v) is 27.0. The average molecular weight is 812 g/mol. The van der Waals surface area contributed by atoms with Gasteiger partial charge in [-0.3, -0.25) is 14.5 Å². The second kappa shape index (κ2) is 12.3. The number of imide groups is 1. The standard InChI is InChI=1S/C35H22F17NO2/c36-28(37,29(38,39)30(40,41)31(42,43)32(44,45)33(46,47)34(48,49)35(50,51)52)14-13-16-9-11-17(12-10-16)15-53-26(54)24-22-18-5-1-2-6-19(18)23(25(24)27(53)55)21-8-4-3-7-20(21)22/h1-12,22-25H,13-15H2/t22?,23?,24-,25+. The lowest BCUT2D eigenvalue weighted by molar-refractivity contribution is -0.461. The van der Waals surface area contributed by atoms with Gasteiger partial charge in [0.2, 0.25) is 11.8 Å². The minimum atomic E-state index is -8.68. The van der Waals surface area contributed by atoms with E-state index in [1.165, 1.54) is 0 Å². The Bertz CT molecular complexity index is 1890. The van der Waals surface area contributed by atoms with Gasteiger partial charge in [-0.15, -0.1) is 0 Å². The summed E-state index contributed by atoms with van der Waals surface area (Å²) in [6.07, 6.45) is -11.8. The van der Waals surface area contributed by atoms with Crippen LogP contribution in [0.4, 0.5) is 74.6 Å². The minimum Gasteiger partial charge on any atom is -0.278 e. The normalized spacial score (nSPS) is 22.2. The third-order valence-corrected chi connectivity index (χ3v) is 10.4. The third kappa shape index (κ3) is 5.38. The molecule has 3 aliphatic carbocycles. The first-order valence-electron chi connectivity index (χ1n) is 15.9. The van der Waals surface area contributed by atoms with Crippen LogP contribution in [0.25, 0.3) is 0 Å². The number of hydrogen-bond donors (Lipinski definition) is 0. The lowest BCUT2D eigenvalue weighted by Gasteiger charge is -2.45. The van der Waals surface area contributed by atoms with Crippen LogP contribution in [-0.2, 0) is 22.6 Å². The van der Waals surface area contributed by atoms with Gasteiger partial charge in [0.15, 0.2) is 0 Å². The van der Waals surface area contributed by atoms with Crippen molar-refractivity contribution in [3.05, 3.63) is 106 Å². The highest BCUT2D eigenvalue weighted by Gasteiger charge is 2.95. The Morgan fingerprint density at radius 3 is 1.13 bits per heavy atom. The number of likely N-dealkylation sites (tertiary alicyclic amines) is 1. The number of hydrogen-bond acceptors (Lipinski definition) is 2. The van der Waals surface area contributed by atoms with Gasteiger partial charge >= 0.3 is 47.6 Å². The molecule has 0 N–H and O–H groups in total. The van der Waals surface area contributed by atoms with Crippen LogP contribution in [0, 0.1) is 11.8 Å². The molecule has 0 aromatic heterocycles. The molecule has 3 aromatic rings. The van der Waals surface area contributed by atoms with Crippen LogP contribution in [0.5, 0.6) is 0 Å². The molecule has 20 heteroatoms. The summed E-state index contributed by atoms with van der Waals surface area (Å²) in [6.45, 7) is -0.376. The molecular weight excluding hydrogens is 789 g/mol. The number of benzene rings is 3. The van der Waals surface area contributed by atoms with Gasteiger partial charge in [0, 0.05) is 18.3 Å². The maximum atomic E-state index is 14.5. The van der Waals surface area contributed by atoms with E-state index in [-0.39, 0.29) is 12.1 Å². The summed E-state index contributed by atoms with van der Waals surface area (Å²) in [5.41, 5.74) is 3.22. The van der Waals surface area contributed by atoms with E-state index in [2.05, 4.69) is 0 Å².